The van der Waals surface area contributed by atoms with Crippen molar-refractivity contribution in [1.82, 2.24) is 20.3 Å². The Bertz CT molecular complexity index is 517. The minimum atomic E-state index is -0.157. The Hall–Kier alpha value is -1.75. The van der Waals surface area contributed by atoms with Gasteiger partial charge in [-0.2, -0.15) is 0 Å². The number of benzene rings is 1. The minimum Gasteiger partial charge on any atom is -0.314 e. The van der Waals surface area contributed by atoms with E-state index in [4.69, 9.17) is 0 Å². The van der Waals surface area contributed by atoms with Gasteiger partial charge in [0.25, 0.3) is 0 Å². The van der Waals surface area contributed by atoms with Crippen LogP contribution in [0.5, 0.6) is 0 Å². The van der Waals surface area contributed by atoms with Crippen molar-refractivity contribution in [3.8, 4) is 0 Å². The molecule has 1 heterocycles. The van der Waals surface area contributed by atoms with Gasteiger partial charge in [0.1, 0.15) is 5.82 Å². The zero-order chi connectivity index (χ0) is 13.8. The summed E-state index contributed by atoms with van der Waals surface area (Å²) in [6.07, 6.45) is 6.94. The highest BCUT2D eigenvalue weighted by molar-refractivity contribution is 5.23. The molecular formula is C15H19FN4. The van der Waals surface area contributed by atoms with E-state index in [0.29, 0.717) is 12.0 Å². The molecule has 4 nitrogen and oxygen atoms in total. The van der Waals surface area contributed by atoms with Crippen LogP contribution in [0.2, 0.25) is 0 Å². The molecule has 0 atom stereocenters. The first kappa shape index (κ1) is 13.2. The number of nitrogens with one attached hydrogen (secondary N) is 1. The molecule has 0 amide bonds. The average molecular weight is 274 g/mol. The number of aromatic nitrogens is 3. The molecular weight excluding hydrogens is 255 g/mol. The summed E-state index contributed by atoms with van der Waals surface area (Å²) in [7, 11) is 0. The quantitative estimate of drug-likeness (QED) is 0.822. The Balaban J connectivity index is 1.33. The van der Waals surface area contributed by atoms with Crippen molar-refractivity contribution >= 4 is 0 Å². The van der Waals surface area contributed by atoms with E-state index in [1.807, 2.05) is 23.0 Å². The van der Waals surface area contributed by atoms with Gasteiger partial charge in [-0.15, -0.1) is 5.10 Å². The third kappa shape index (κ3) is 3.22. The number of nitrogens with zero attached hydrogens (tertiary/aromatic N) is 3. The second-order valence-corrected chi connectivity index (χ2v) is 5.39. The van der Waals surface area contributed by atoms with Crippen molar-refractivity contribution < 1.29 is 4.39 Å². The van der Waals surface area contributed by atoms with Gasteiger partial charge in [0.2, 0.25) is 0 Å². The molecule has 20 heavy (non-hydrogen) atoms. The maximum absolute atomic E-state index is 12.8. The topological polar surface area (TPSA) is 42.7 Å². The molecule has 1 aromatic carbocycles. The Labute approximate surface area is 118 Å². The first-order valence-corrected chi connectivity index (χ1v) is 7.14. The molecule has 2 aromatic rings. The molecule has 0 bridgehead atoms. The molecule has 0 spiro atoms. The SMILES string of the molecule is Fc1ccc(C2CC(NCCCn3ccnn3)C2)cc1. The van der Waals surface area contributed by atoms with Crippen LogP contribution in [0.1, 0.15) is 30.7 Å². The fraction of sp³-hybridized carbons (Fsp3) is 0.467. The first-order valence-electron chi connectivity index (χ1n) is 7.14. The zero-order valence-electron chi connectivity index (χ0n) is 11.4. The van der Waals surface area contributed by atoms with E-state index in [9.17, 15) is 4.39 Å². The molecule has 0 radical (unpaired) electrons. The monoisotopic (exact) mass is 274 g/mol. The second kappa shape index (κ2) is 6.13. The van der Waals surface area contributed by atoms with Crippen LogP contribution in [0.4, 0.5) is 4.39 Å². The normalized spacial score (nSPS) is 21.6. The summed E-state index contributed by atoms with van der Waals surface area (Å²) in [4.78, 5) is 0. The number of halogens is 1. The zero-order valence-corrected chi connectivity index (χ0v) is 11.4. The van der Waals surface area contributed by atoms with Gasteiger partial charge in [0, 0.05) is 18.8 Å². The van der Waals surface area contributed by atoms with Gasteiger partial charge >= 0.3 is 0 Å². The molecule has 106 valence electrons. The van der Waals surface area contributed by atoms with E-state index >= 15 is 0 Å². The molecule has 1 saturated carbocycles. The van der Waals surface area contributed by atoms with Crippen LogP contribution in [0.25, 0.3) is 0 Å². The van der Waals surface area contributed by atoms with Gasteiger partial charge in [0.05, 0.1) is 6.20 Å². The summed E-state index contributed by atoms with van der Waals surface area (Å²) in [6, 6.07) is 7.50. The van der Waals surface area contributed by atoms with Crippen LogP contribution in [0.15, 0.2) is 36.7 Å². The van der Waals surface area contributed by atoms with Crippen LogP contribution in [-0.2, 0) is 6.54 Å². The molecule has 1 aliphatic carbocycles. The predicted octanol–water partition coefficient (Wildman–Crippen LogP) is 2.34. The average Bonchev–Trinajstić information content (AvgIpc) is 2.91. The number of hydrogen-bond donors (Lipinski definition) is 1. The Morgan fingerprint density at radius 1 is 1.25 bits per heavy atom. The van der Waals surface area contributed by atoms with Gasteiger partial charge in [-0.1, -0.05) is 17.3 Å². The predicted molar refractivity (Wildman–Crippen MR) is 74.8 cm³/mol. The van der Waals surface area contributed by atoms with Gasteiger partial charge in [-0.25, -0.2) is 4.39 Å². The van der Waals surface area contributed by atoms with Crippen molar-refractivity contribution in [2.75, 3.05) is 6.54 Å². The van der Waals surface area contributed by atoms with Crippen molar-refractivity contribution in [2.24, 2.45) is 0 Å². The van der Waals surface area contributed by atoms with Crippen LogP contribution in [-0.4, -0.2) is 27.6 Å². The van der Waals surface area contributed by atoms with Crippen LogP contribution >= 0.6 is 0 Å². The van der Waals surface area contributed by atoms with Gasteiger partial charge in [0.15, 0.2) is 0 Å². The summed E-state index contributed by atoms with van der Waals surface area (Å²) in [5.74, 6) is 0.430. The number of rotatable bonds is 6. The lowest BCUT2D eigenvalue weighted by atomic mass is 9.76. The third-order valence-electron chi connectivity index (χ3n) is 3.95. The second-order valence-electron chi connectivity index (χ2n) is 5.39. The maximum Gasteiger partial charge on any atom is 0.123 e. The molecule has 1 aliphatic rings. The maximum atomic E-state index is 12.8. The molecule has 3 rings (SSSR count). The van der Waals surface area contributed by atoms with Crippen LogP contribution < -0.4 is 5.32 Å². The van der Waals surface area contributed by atoms with E-state index < -0.39 is 0 Å². The summed E-state index contributed by atoms with van der Waals surface area (Å²) in [6.45, 7) is 1.90. The number of aryl methyl sites for hydroxylation is 1. The van der Waals surface area contributed by atoms with E-state index in [0.717, 1.165) is 32.4 Å². The fourth-order valence-electron chi connectivity index (χ4n) is 2.69. The first-order chi connectivity index (χ1) is 9.81. The smallest absolute Gasteiger partial charge is 0.123 e. The lowest BCUT2D eigenvalue weighted by molar-refractivity contribution is 0.288. The largest absolute Gasteiger partial charge is 0.314 e. The van der Waals surface area contributed by atoms with Crippen molar-refractivity contribution in [1.29, 1.82) is 0 Å². The van der Waals surface area contributed by atoms with E-state index in [-0.39, 0.29) is 5.82 Å². The summed E-state index contributed by atoms with van der Waals surface area (Å²) in [5, 5.41) is 11.3. The summed E-state index contributed by atoms with van der Waals surface area (Å²) < 4.78 is 14.7. The van der Waals surface area contributed by atoms with Crippen molar-refractivity contribution in [3.63, 3.8) is 0 Å². The molecule has 1 fully saturated rings. The Morgan fingerprint density at radius 3 is 2.75 bits per heavy atom. The summed E-state index contributed by atoms with van der Waals surface area (Å²) >= 11 is 0. The van der Waals surface area contributed by atoms with Crippen LogP contribution in [0, 0.1) is 5.82 Å². The Kier molecular flexibility index (Phi) is 4.06. The van der Waals surface area contributed by atoms with E-state index in [1.165, 1.54) is 5.56 Å². The lowest BCUT2D eigenvalue weighted by Crippen LogP contribution is -2.40. The molecule has 0 unspecified atom stereocenters. The number of hydrogen-bond acceptors (Lipinski definition) is 3. The minimum absolute atomic E-state index is 0.157. The molecule has 0 saturated heterocycles. The third-order valence-corrected chi connectivity index (χ3v) is 3.95. The van der Waals surface area contributed by atoms with Crippen molar-refractivity contribution in [3.05, 3.63) is 48.0 Å². The highest BCUT2D eigenvalue weighted by Crippen LogP contribution is 2.36. The van der Waals surface area contributed by atoms with E-state index in [2.05, 4.69) is 15.6 Å². The van der Waals surface area contributed by atoms with Gasteiger partial charge in [-0.3, -0.25) is 4.68 Å². The molecule has 1 N–H and O–H groups in total. The highest BCUT2D eigenvalue weighted by atomic mass is 19.1. The van der Waals surface area contributed by atoms with Crippen molar-refractivity contribution in [2.45, 2.75) is 37.8 Å². The van der Waals surface area contributed by atoms with E-state index in [1.54, 1.807) is 18.3 Å². The fourth-order valence-corrected chi connectivity index (χ4v) is 2.69. The molecule has 0 aliphatic heterocycles. The van der Waals surface area contributed by atoms with Gasteiger partial charge < -0.3 is 5.32 Å². The Morgan fingerprint density at radius 2 is 2.05 bits per heavy atom. The van der Waals surface area contributed by atoms with Gasteiger partial charge in [-0.05, 0) is 49.4 Å². The summed E-state index contributed by atoms with van der Waals surface area (Å²) in [5.41, 5.74) is 1.26. The standard InChI is InChI=1S/C15H19FN4/c16-14-4-2-12(3-5-14)13-10-15(11-13)17-6-1-8-20-9-7-18-19-20/h2-5,7,9,13,15,17H,1,6,8,10-11H2. The molecule has 1 aromatic heterocycles. The molecule has 5 heteroatoms. The lowest BCUT2D eigenvalue weighted by Gasteiger charge is -2.36. The van der Waals surface area contributed by atoms with Crippen LogP contribution in [0.3, 0.4) is 0 Å². The highest BCUT2D eigenvalue weighted by Gasteiger charge is 2.29.